The van der Waals surface area contributed by atoms with Gasteiger partial charge < -0.3 is 14.6 Å². The summed E-state index contributed by atoms with van der Waals surface area (Å²) in [5.41, 5.74) is -0.0486. The highest BCUT2D eigenvalue weighted by atomic mass is 19.4. The van der Waals surface area contributed by atoms with E-state index < -0.39 is 17.8 Å². The second-order valence-corrected chi connectivity index (χ2v) is 7.87. The lowest BCUT2D eigenvalue weighted by Crippen LogP contribution is -2.43. The van der Waals surface area contributed by atoms with Gasteiger partial charge in [0.1, 0.15) is 6.04 Å². The first kappa shape index (κ1) is 18.8. The molecule has 9 heteroatoms. The van der Waals surface area contributed by atoms with Gasteiger partial charge in [-0.3, -0.25) is 4.79 Å². The van der Waals surface area contributed by atoms with E-state index in [1.165, 1.54) is 25.0 Å². The van der Waals surface area contributed by atoms with Crippen LogP contribution in [0.15, 0.2) is 28.7 Å². The summed E-state index contributed by atoms with van der Waals surface area (Å²) >= 11 is 0. The van der Waals surface area contributed by atoms with E-state index >= 15 is 0 Å². The number of likely N-dealkylation sites (tertiary alicyclic amines) is 1. The summed E-state index contributed by atoms with van der Waals surface area (Å²) in [5, 5.41) is 10.6. The number of rotatable bonds is 4. The number of nitrogens with zero attached hydrogens (tertiary/aromatic N) is 3. The summed E-state index contributed by atoms with van der Waals surface area (Å²) in [5.74, 6) is 0.0629. The Labute approximate surface area is 160 Å². The molecule has 2 fully saturated rings. The molecule has 0 radical (unpaired) electrons. The van der Waals surface area contributed by atoms with Crippen molar-refractivity contribution in [1.82, 2.24) is 15.1 Å². The Hall–Kier alpha value is -2.58. The predicted molar refractivity (Wildman–Crippen MR) is 95.3 cm³/mol. The van der Waals surface area contributed by atoms with E-state index in [0.29, 0.717) is 11.0 Å². The molecule has 2 aliphatic rings. The first-order valence-corrected chi connectivity index (χ1v) is 9.25. The number of halogens is 3. The number of hydrogen-bond acceptors (Lipinski definition) is 5. The second-order valence-electron chi connectivity index (χ2n) is 7.87. The second kappa shape index (κ2) is 6.49. The van der Waals surface area contributed by atoms with Crippen molar-refractivity contribution in [3.8, 4) is 11.5 Å². The van der Waals surface area contributed by atoms with Gasteiger partial charge in [-0.2, -0.15) is 13.2 Å². The fourth-order valence-electron chi connectivity index (χ4n) is 3.85. The fourth-order valence-corrected chi connectivity index (χ4v) is 3.85. The van der Waals surface area contributed by atoms with Gasteiger partial charge in [-0.15, -0.1) is 5.10 Å². The molecule has 1 N–H and O–H groups in total. The number of carbonyl (C=O) groups excluding carboxylic acids is 1. The molecule has 1 spiro atoms. The third-order valence-corrected chi connectivity index (χ3v) is 5.60. The molecule has 28 heavy (non-hydrogen) atoms. The zero-order valence-electron chi connectivity index (χ0n) is 15.6. The largest absolute Gasteiger partial charge is 0.416 e. The van der Waals surface area contributed by atoms with Crippen LogP contribution in [-0.2, 0) is 11.0 Å². The molecule has 2 aromatic rings. The number of hydrogen-bond donors (Lipinski definition) is 1. The Kier molecular flexibility index (Phi) is 4.35. The number of alkyl halides is 3. The van der Waals surface area contributed by atoms with Crippen molar-refractivity contribution in [1.29, 1.82) is 0 Å². The average Bonchev–Trinajstić information content (AvgIpc) is 3.08. The van der Waals surface area contributed by atoms with E-state index in [1.54, 1.807) is 6.92 Å². The highest BCUT2D eigenvalue weighted by molar-refractivity contribution is 5.84. The third-order valence-electron chi connectivity index (χ3n) is 5.60. The number of aromatic nitrogens is 2. The van der Waals surface area contributed by atoms with Gasteiger partial charge in [0.25, 0.3) is 0 Å². The summed E-state index contributed by atoms with van der Waals surface area (Å²) in [6.07, 6.45) is -0.988. The van der Waals surface area contributed by atoms with E-state index in [0.717, 1.165) is 25.1 Å². The molecule has 1 saturated heterocycles. The number of anilines is 1. The highest BCUT2D eigenvalue weighted by Gasteiger charge is 2.52. The van der Waals surface area contributed by atoms with Crippen LogP contribution >= 0.6 is 0 Å². The van der Waals surface area contributed by atoms with Crippen LogP contribution in [-0.4, -0.2) is 39.6 Å². The highest BCUT2D eigenvalue weighted by Crippen LogP contribution is 2.54. The molecule has 1 aliphatic heterocycles. The first-order valence-electron chi connectivity index (χ1n) is 9.25. The fraction of sp³-hybridized carbons (Fsp3) is 0.526. The van der Waals surface area contributed by atoms with Crippen LogP contribution in [0.2, 0.25) is 0 Å². The average molecular weight is 394 g/mol. The lowest BCUT2D eigenvalue weighted by Gasteiger charge is -2.25. The Morgan fingerprint density at radius 2 is 1.96 bits per heavy atom. The zero-order valence-corrected chi connectivity index (χ0v) is 15.6. The van der Waals surface area contributed by atoms with Gasteiger partial charge in [0.05, 0.1) is 5.56 Å². The van der Waals surface area contributed by atoms with Crippen LogP contribution in [0.1, 0.15) is 38.7 Å². The normalized spacial score (nSPS) is 21.8. The smallest absolute Gasteiger partial charge is 0.403 e. The molecule has 2 atom stereocenters. The summed E-state index contributed by atoms with van der Waals surface area (Å²) in [7, 11) is 0. The Morgan fingerprint density at radius 1 is 1.29 bits per heavy atom. The summed E-state index contributed by atoms with van der Waals surface area (Å²) in [6.45, 7) is 4.59. The van der Waals surface area contributed by atoms with Crippen molar-refractivity contribution < 1.29 is 22.4 Å². The first-order chi connectivity index (χ1) is 13.2. The van der Waals surface area contributed by atoms with Crippen molar-refractivity contribution in [3.05, 3.63) is 29.8 Å². The lowest BCUT2D eigenvalue weighted by atomic mass is 10.0. The number of benzene rings is 1. The van der Waals surface area contributed by atoms with Gasteiger partial charge in [0, 0.05) is 18.2 Å². The van der Waals surface area contributed by atoms with Gasteiger partial charge in [-0.05, 0) is 62.8 Å². The molecule has 1 amide bonds. The van der Waals surface area contributed by atoms with Gasteiger partial charge in [0.15, 0.2) is 0 Å². The van der Waals surface area contributed by atoms with Gasteiger partial charge in [-0.1, -0.05) is 5.10 Å². The van der Waals surface area contributed by atoms with Crippen molar-refractivity contribution in [2.45, 2.75) is 51.4 Å². The molecule has 1 aromatic carbocycles. The van der Waals surface area contributed by atoms with Crippen molar-refractivity contribution in [2.75, 3.05) is 11.9 Å². The topological polar surface area (TPSA) is 71.3 Å². The quantitative estimate of drug-likeness (QED) is 0.850. The Bertz CT molecular complexity index is 874. The van der Waals surface area contributed by atoms with Crippen LogP contribution in [0.3, 0.4) is 0 Å². The maximum absolute atomic E-state index is 12.8. The van der Waals surface area contributed by atoms with Crippen LogP contribution in [0, 0.1) is 5.41 Å². The molecule has 2 heterocycles. The van der Waals surface area contributed by atoms with Crippen LogP contribution in [0.25, 0.3) is 11.5 Å². The van der Waals surface area contributed by atoms with E-state index in [9.17, 15) is 18.0 Å². The zero-order chi connectivity index (χ0) is 20.1. The van der Waals surface area contributed by atoms with E-state index in [1.807, 2.05) is 4.90 Å². The minimum absolute atomic E-state index is 0.0226. The minimum Gasteiger partial charge on any atom is -0.403 e. The molecule has 1 saturated carbocycles. The lowest BCUT2D eigenvalue weighted by molar-refractivity contribution is -0.137. The van der Waals surface area contributed by atoms with Crippen LogP contribution in [0.4, 0.5) is 19.2 Å². The van der Waals surface area contributed by atoms with Crippen LogP contribution in [0.5, 0.6) is 0 Å². The summed E-state index contributed by atoms with van der Waals surface area (Å²) < 4.78 is 43.4. The number of nitrogens with one attached hydrogen (secondary N) is 1. The van der Waals surface area contributed by atoms with Crippen molar-refractivity contribution in [2.24, 2.45) is 5.41 Å². The molecule has 0 unspecified atom stereocenters. The van der Waals surface area contributed by atoms with Crippen molar-refractivity contribution >= 4 is 11.9 Å². The SMILES string of the molecule is C[C@@H](Nc1nnc(-c2ccc(C(F)(F)F)cc2)o1)C(=O)N1CC2(CC2)C[C@@H]1C. The maximum atomic E-state index is 12.8. The van der Waals surface area contributed by atoms with E-state index in [-0.39, 0.29) is 23.9 Å². The third kappa shape index (κ3) is 3.57. The van der Waals surface area contributed by atoms with Gasteiger partial charge in [0.2, 0.25) is 11.8 Å². The monoisotopic (exact) mass is 394 g/mol. The molecule has 0 bridgehead atoms. The summed E-state index contributed by atoms with van der Waals surface area (Å²) in [6, 6.07) is 4.19. The minimum atomic E-state index is -4.40. The van der Waals surface area contributed by atoms with Gasteiger partial charge in [-0.25, -0.2) is 0 Å². The number of carbonyl (C=O) groups is 1. The number of amides is 1. The van der Waals surface area contributed by atoms with E-state index in [4.69, 9.17) is 4.42 Å². The Morgan fingerprint density at radius 3 is 2.54 bits per heavy atom. The van der Waals surface area contributed by atoms with Crippen molar-refractivity contribution in [3.63, 3.8) is 0 Å². The molecule has 6 nitrogen and oxygen atoms in total. The van der Waals surface area contributed by atoms with Crippen LogP contribution < -0.4 is 5.32 Å². The molecule has 150 valence electrons. The van der Waals surface area contributed by atoms with E-state index in [2.05, 4.69) is 22.4 Å². The summed E-state index contributed by atoms with van der Waals surface area (Å²) in [4.78, 5) is 14.7. The predicted octanol–water partition coefficient (Wildman–Crippen LogP) is 3.96. The van der Waals surface area contributed by atoms with Gasteiger partial charge >= 0.3 is 12.2 Å². The molecule has 1 aromatic heterocycles. The molecule has 4 rings (SSSR count). The Balaban J connectivity index is 1.41. The molecular formula is C19H21F3N4O2. The maximum Gasteiger partial charge on any atom is 0.416 e. The standard InChI is InChI=1S/C19H21F3N4O2/c1-11-9-18(7-8-18)10-26(11)16(27)12(2)23-17-25-24-15(28-17)13-3-5-14(6-4-13)19(20,21)22/h3-6,11-12H,7-10H2,1-2H3,(H,23,25)/t11-,12+/m0/s1. The molecular weight excluding hydrogens is 373 g/mol. The molecule has 1 aliphatic carbocycles.